The third-order valence-electron chi connectivity index (χ3n) is 2.35. The number of hydrazone groups is 1. The van der Waals surface area contributed by atoms with Crippen molar-refractivity contribution in [3.63, 3.8) is 0 Å². The summed E-state index contributed by atoms with van der Waals surface area (Å²) in [5.41, 5.74) is 8.38. The van der Waals surface area contributed by atoms with Gasteiger partial charge in [-0.05, 0) is 36.5 Å². The van der Waals surface area contributed by atoms with E-state index < -0.39 is 5.82 Å². The van der Waals surface area contributed by atoms with Crippen molar-refractivity contribution < 1.29 is 9.13 Å². The Morgan fingerprint density at radius 2 is 1.80 bits per heavy atom. The van der Waals surface area contributed by atoms with Gasteiger partial charge in [0.1, 0.15) is 5.75 Å². The van der Waals surface area contributed by atoms with Gasteiger partial charge in [-0.3, -0.25) is 5.43 Å². The number of ether oxygens (including phenoxy) is 1. The lowest BCUT2D eigenvalue weighted by Gasteiger charge is -2.09. The molecule has 0 atom stereocenters. The second-order valence-corrected chi connectivity index (χ2v) is 4.24. The van der Waals surface area contributed by atoms with E-state index in [-0.39, 0.29) is 10.9 Å². The van der Waals surface area contributed by atoms with Crippen LogP contribution < -0.4 is 15.9 Å². The van der Waals surface area contributed by atoms with Gasteiger partial charge in [0.05, 0.1) is 6.21 Å². The summed E-state index contributed by atoms with van der Waals surface area (Å²) in [6.07, 6.45) is 1.50. The van der Waals surface area contributed by atoms with Crippen LogP contribution in [-0.4, -0.2) is 11.3 Å². The van der Waals surface area contributed by atoms with E-state index in [1.165, 1.54) is 12.3 Å². The normalized spacial score (nSPS) is 10.4. The van der Waals surface area contributed by atoms with E-state index in [0.29, 0.717) is 11.3 Å². The Bertz CT molecular complexity index is 646. The van der Waals surface area contributed by atoms with Gasteiger partial charge in [-0.25, -0.2) is 4.39 Å². The van der Waals surface area contributed by atoms with Gasteiger partial charge in [0.2, 0.25) is 0 Å². The molecule has 102 valence electrons. The summed E-state index contributed by atoms with van der Waals surface area (Å²) < 4.78 is 19.1. The maximum atomic E-state index is 13.6. The lowest BCUT2D eigenvalue weighted by Crippen LogP contribution is -2.24. The van der Waals surface area contributed by atoms with Crippen LogP contribution in [0, 0.1) is 5.82 Å². The van der Waals surface area contributed by atoms with Crippen LogP contribution in [0.3, 0.4) is 0 Å². The number of hydrogen-bond acceptors (Lipinski definition) is 3. The Kier molecular flexibility index (Phi) is 4.62. The van der Waals surface area contributed by atoms with Crippen LogP contribution in [0.1, 0.15) is 5.56 Å². The molecule has 2 aromatic carbocycles. The van der Waals surface area contributed by atoms with Crippen molar-refractivity contribution in [3.05, 3.63) is 59.9 Å². The molecular weight excluding hydrogens is 277 g/mol. The van der Waals surface area contributed by atoms with Crippen molar-refractivity contribution in [1.29, 1.82) is 0 Å². The van der Waals surface area contributed by atoms with Crippen LogP contribution in [-0.2, 0) is 0 Å². The third kappa shape index (κ3) is 3.76. The van der Waals surface area contributed by atoms with E-state index in [2.05, 4.69) is 22.7 Å². The molecule has 0 saturated heterocycles. The van der Waals surface area contributed by atoms with Gasteiger partial charge in [0.25, 0.3) is 0 Å². The standard InChI is InChI=1S/C14H12FN3OS/c15-11-6-2-4-8-13(11)19-12-7-3-1-5-10(12)9-17-18-14(16)20/h1-9H,(H3,16,18,20). The minimum atomic E-state index is -0.430. The van der Waals surface area contributed by atoms with Crippen molar-refractivity contribution >= 4 is 23.5 Å². The molecule has 2 aromatic rings. The number of halogens is 1. The first-order valence-corrected chi connectivity index (χ1v) is 6.17. The number of benzene rings is 2. The molecule has 0 bridgehead atoms. The number of para-hydroxylation sites is 2. The van der Waals surface area contributed by atoms with Gasteiger partial charge < -0.3 is 10.5 Å². The maximum Gasteiger partial charge on any atom is 0.184 e. The average Bonchev–Trinajstić information content (AvgIpc) is 2.43. The zero-order valence-corrected chi connectivity index (χ0v) is 11.2. The van der Waals surface area contributed by atoms with Crippen molar-refractivity contribution in [3.8, 4) is 11.5 Å². The van der Waals surface area contributed by atoms with E-state index in [1.54, 1.807) is 36.4 Å². The van der Waals surface area contributed by atoms with Crippen molar-refractivity contribution in [2.45, 2.75) is 0 Å². The summed E-state index contributed by atoms with van der Waals surface area (Å²) in [4.78, 5) is 0. The SMILES string of the molecule is NC(=S)NN=Cc1ccccc1Oc1ccccc1F. The molecule has 0 aliphatic carbocycles. The number of thiocarbonyl (C=S) groups is 1. The molecule has 0 unspecified atom stereocenters. The third-order valence-corrected chi connectivity index (χ3v) is 2.45. The Labute approximate surface area is 121 Å². The zero-order chi connectivity index (χ0) is 14.4. The fourth-order valence-corrected chi connectivity index (χ4v) is 1.54. The topological polar surface area (TPSA) is 59.6 Å². The fraction of sp³-hybridized carbons (Fsp3) is 0. The molecule has 0 spiro atoms. The molecule has 0 heterocycles. The average molecular weight is 289 g/mol. The van der Waals surface area contributed by atoms with Gasteiger partial charge in [-0.15, -0.1) is 0 Å². The second kappa shape index (κ2) is 6.63. The van der Waals surface area contributed by atoms with E-state index in [1.807, 2.05) is 6.07 Å². The first-order chi connectivity index (χ1) is 9.66. The van der Waals surface area contributed by atoms with Crippen LogP contribution >= 0.6 is 12.2 Å². The molecule has 0 saturated carbocycles. The minimum Gasteiger partial charge on any atom is -0.454 e. The Hall–Kier alpha value is -2.47. The number of nitrogens with one attached hydrogen (secondary N) is 1. The molecule has 0 aliphatic rings. The highest BCUT2D eigenvalue weighted by atomic mass is 32.1. The predicted molar refractivity (Wildman–Crippen MR) is 80.4 cm³/mol. The second-order valence-electron chi connectivity index (χ2n) is 3.80. The van der Waals surface area contributed by atoms with Gasteiger partial charge in [-0.2, -0.15) is 5.10 Å². The van der Waals surface area contributed by atoms with Gasteiger partial charge in [0.15, 0.2) is 16.7 Å². The Morgan fingerprint density at radius 3 is 2.50 bits per heavy atom. The summed E-state index contributed by atoms with van der Waals surface area (Å²) >= 11 is 4.64. The highest BCUT2D eigenvalue weighted by molar-refractivity contribution is 7.80. The van der Waals surface area contributed by atoms with Crippen LogP contribution in [0.25, 0.3) is 0 Å². The fourth-order valence-electron chi connectivity index (χ4n) is 1.49. The molecule has 20 heavy (non-hydrogen) atoms. The summed E-state index contributed by atoms with van der Waals surface area (Å²) in [5, 5.41) is 3.91. The smallest absolute Gasteiger partial charge is 0.184 e. The molecule has 2 rings (SSSR count). The largest absolute Gasteiger partial charge is 0.454 e. The highest BCUT2D eigenvalue weighted by Crippen LogP contribution is 2.26. The Balaban J connectivity index is 2.22. The summed E-state index contributed by atoms with van der Waals surface area (Å²) in [5.74, 6) is 0.197. The van der Waals surface area contributed by atoms with E-state index in [4.69, 9.17) is 10.5 Å². The van der Waals surface area contributed by atoms with Crippen molar-refractivity contribution in [1.82, 2.24) is 5.43 Å². The first kappa shape index (κ1) is 14.0. The summed E-state index contributed by atoms with van der Waals surface area (Å²) in [6.45, 7) is 0. The number of rotatable bonds is 4. The summed E-state index contributed by atoms with van der Waals surface area (Å²) in [7, 11) is 0. The van der Waals surface area contributed by atoms with E-state index in [0.717, 1.165) is 0 Å². The molecule has 0 fully saturated rings. The molecule has 3 N–H and O–H groups in total. The number of nitrogens with zero attached hydrogens (tertiary/aromatic N) is 1. The van der Waals surface area contributed by atoms with Crippen LogP contribution in [0.4, 0.5) is 4.39 Å². The van der Waals surface area contributed by atoms with Crippen LogP contribution in [0.5, 0.6) is 11.5 Å². The number of hydrogen-bond donors (Lipinski definition) is 2. The highest BCUT2D eigenvalue weighted by Gasteiger charge is 2.06. The molecule has 6 heteroatoms. The molecule has 4 nitrogen and oxygen atoms in total. The van der Waals surface area contributed by atoms with Gasteiger partial charge in [0, 0.05) is 5.56 Å². The maximum absolute atomic E-state index is 13.6. The van der Waals surface area contributed by atoms with Crippen LogP contribution in [0.15, 0.2) is 53.6 Å². The van der Waals surface area contributed by atoms with E-state index >= 15 is 0 Å². The molecular formula is C14H12FN3OS. The van der Waals surface area contributed by atoms with Crippen molar-refractivity contribution in [2.24, 2.45) is 10.8 Å². The lowest BCUT2D eigenvalue weighted by atomic mass is 10.2. The number of nitrogens with two attached hydrogens (primary N) is 1. The quantitative estimate of drug-likeness (QED) is 0.516. The molecule has 0 amide bonds. The zero-order valence-electron chi connectivity index (χ0n) is 10.4. The monoisotopic (exact) mass is 289 g/mol. The molecule has 0 radical (unpaired) electrons. The molecule has 0 aromatic heterocycles. The molecule has 0 aliphatic heterocycles. The van der Waals surface area contributed by atoms with E-state index in [9.17, 15) is 4.39 Å². The predicted octanol–water partition coefficient (Wildman–Crippen LogP) is 2.79. The van der Waals surface area contributed by atoms with Crippen LogP contribution in [0.2, 0.25) is 0 Å². The van der Waals surface area contributed by atoms with Crippen molar-refractivity contribution in [2.75, 3.05) is 0 Å². The Morgan fingerprint density at radius 1 is 1.15 bits per heavy atom. The van der Waals surface area contributed by atoms with Gasteiger partial charge in [-0.1, -0.05) is 24.3 Å². The first-order valence-electron chi connectivity index (χ1n) is 5.77. The lowest BCUT2D eigenvalue weighted by molar-refractivity contribution is 0.442. The van der Waals surface area contributed by atoms with Gasteiger partial charge >= 0.3 is 0 Å². The minimum absolute atomic E-state index is 0.0637. The summed E-state index contributed by atoms with van der Waals surface area (Å²) in [6, 6.07) is 13.3.